The van der Waals surface area contributed by atoms with Gasteiger partial charge in [-0.05, 0) is 37.3 Å². The zero-order valence-corrected chi connectivity index (χ0v) is 19.8. The highest BCUT2D eigenvalue weighted by molar-refractivity contribution is 5.85. The van der Waals surface area contributed by atoms with Gasteiger partial charge in [-0.3, -0.25) is 9.36 Å². The van der Waals surface area contributed by atoms with Gasteiger partial charge in [-0.25, -0.2) is 28.1 Å². The summed E-state index contributed by atoms with van der Waals surface area (Å²) in [5, 5.41) is 20.5. The van der Waals surface area contributed by atoms with E-state index in [9.17, 15) is 18.8 Å². The summed E-state index contributed by atoms with van der Waals surface area (Å²) in [6.45, 7) is 1.66. The van der Waals surface area contributed by atoms with Gasteiger partial charge >= 0.3 is 0 Å². The van der Waals surface area contributed by atoms with Gasteiger partial charge in [0.25, 0.3) is 12.0 Å². The molecule has 0 aliphatic rings. The zero-order chi connectivity index (χ0) is 26.3. The third-order valence-corrected chi connectivity index (χ3v) is 5.67. The van der Waals surface area contributed by atoms with Crippen LogP contribution in [0.2, 0.25) is 0 Å². The number of nitrogens with one attached hydrogen (secondary N) is 1. The van der Waals surface area contributed by atoms with E-state index in [0.29, 0.717) is 39.8 Å². The van der Waals surface area contributed by atoms with Crippen molar-refractivity contribution in [1.82, 2.24) is 34.1 Å². The summed E-state index contributed by atoms with van der Waals surface area (Å²) in [5.41, 5.74) is 1.75. The summed E-state index contributed by atoms with van der Waals surface area (Å²) < 4.78 is 37.2. The van der Waals surface area contributed by atoms with Gasteiger partial charge in [-0.2, -0.15) is 15.5 Å². The van der Waals surface area contributed by atoms with E-state index >= 15 is 0 Å². The number of rotatable bonds is 6. The third kappa shape index (κ3) is 4.25. The molecule has 0 saturated carbocycles. The SMILES string of the molecule is COc1cc2c(cc1Nc1ccc(=O)n(C)n1)ncn2-c1ccc(C(F)F)c(-n2nc(C#N)cc2C)n1. The van der Waals surface area contributed by atoms with Gasteiger partial charge in [0.15, 0.2) is 17.3 Å². The maximum absolute atomic E-state index is 13.8. The second kappa shape index (κ2) is 9.15. The molecule has 0 amide bonds. The summed E-state index contributed by atoms with van der Waals surface area (Å²) in [4.78, 5) is 20.5. The number of aryl methyl sites for hydroxylation is 2. The van der Waals surface area contributed by atoms with Crippen LogP contribution >= 0.6 is 0 Å². The second-order valence-corrected chi connectivity index (χ2v) is 8.04. The Morgan fingerprint density at radius 2 is 1.95 bits per heavy atom. The van der Waals surface area contributed by atoms with Crippen LogP contribution in [0.15, 0.2) is 53.6 Å². The van der Waals surface area contributed by atoms with E-state index in [0.717, 1.165) is 0 Å². The van der Waals surface area contributed by atoms with Crippen molar-refractivity contribution >= 4 is 22.5 Å². The molecule has 0 bridgehead atoms. The van der Waals surface area contributed by atoms with Crippen LogP contribution in [0.4, 0.5) is 20.3 Å². The van der Waals surface area contributed by atoms with Crippen molar-refractivity contribution in [2.75, 3.05) is 12.4 Å². The number of benzene rings is 1. The van der Waals surface area contributed by atoms with Crippen molar-refractivity contribution < 1.29 is 13.5 Å². The Balaban J connectivity index is 1.61. The summed E-state index contributed by atoms with van der Waals surface area (Å²) >= 11 is 0. The first kappa shape index (κ1) is 23.6. The van der Waals surface area contributed by atoms with Crippen LogP contribution in [0.3, 0.4) is 0 Å². The molecule has 1 N–H and O–H groups in total. The van der Waals surface area contributed by atoms with Crippen LogP contribution in [0.1, 0.15) is 23.4 Å². The number of pyridine rings is 1. The smallest absolute Gasteiger partial charge is 0.267 e. The molecule has 0 radical (unpaired) electrons. The molecule has 0 aliphatic carbocycles. The van der Waals surface area contributed by atoms with E-state index in [-0.39, 0.29) is 22.6 Å². The molecule has 186 valence electrons. The molecule has 0 saturated heterocycles. The van der Waals surface area contributed by atoms with Crippen molar-refractivity contribution in [2.45, 2.75) is 13.3 Å². The number of alkyl halides is 2. The quantitative estimate of drug-likeness (QED) is 0.372. The lowest BCUT2D eigenvalue weighted by molar-refractivity contribution is 0.150. The average Bonchev–Trinajstić information content (AvgIpc) is 3.47. The first-order valence-corrected chi connectivity index (χ1v) is 10.9. The van der Waals surface area contributed by atoms with Gasteiger partial charge in [0.05, 0.1) is 29.4 Å². The number of hydrogen-bond donors (Lipinski definition) is 1. The average molecular weight is 503 g/mol. The summed E-state index contributed by atoms with van der Waals surface area (Å²) in [7, 11) is 3.05. The Kier molecular flexibility index (Phi) is 5.84. The predicted molar refractivity (Wildman–Crippen MR) is 130 cm³/mol. The number of methoxy groups -OCH3 is 1. The van der Waals surface area contributed by atoms with E-state index in [1.807, 2.05) is 6.07 Å². The van der Waals surface area contributed by atoms with Crippen LogP contribution < -0.4 is 15.6 Å². The molecule has 4 aromatic heterocycles. The summed E-state index contributed by atoms with van der Waals surface area (Å²) in [5.74, 6) is 1.12. The Bertz CT molecular complexity index is 1750. The summed E-state index contributed by atoms with van der Waals surface area (Å²) in [6.07, 6.45) is -1.28. The van der Waals surface area contributed by atoms with Gasteiger partial charge in [0.2, 0.25) is 0 Å². The highest BCUT2D eigenvalue weighted by Crippen LogP contribution is 2.33. The Morgan fingerprint density at radius 1 is 1.14 bits per heavy atom. The number of nitriles is 1. The lowest BCUT2D eigenvalue weighted by atomic mass is 10.2. The van der Waals surface area contributed by atoms with Crippen molar-refractivity contribution in [3.63, 3.8) is 0 Å². The minimum atomic E-state index is -2.80. The fourth-order valence-corrected chi connectivity index (χ4v) is 3.86. The Morgan fingerprint density at radius 3 is 2.62 bits per heavy atom. The molecule has 37 heavy (non-hydrogen) atoms. The lowest BCUT2D eigenvalue weighted by Crippen LogP contribution is -2.18. The van der Waals surface area contributed by atoms with E-state index in [4.69, 9.17) is 4.74 Å². The highest BCUT2D eigenvalue weighted by atomic mass is 19.3. The number of imidazole rings is 1. The number of halogens is 2. The molecule has 13 heteroatoms. The second-order valence-electron chi connectivity index (χ2n) is 8.04. The lowest BCUT2D eigenvalue weighted by Gasteiger charge is -2.14. The first-order valence-electron chi connectivity index (χ1n) is 10.9. The van der Waals surface area contributed by atoms with Crippen LogP contribution in [-0.2, 0) is 7.05 Å². The van der Waals surface area contributed by atoms with Crippen LogP contribution in [0, 0.1) is 18.3 Å². The molecule has 4 heterocycles. The molecule has 0 fully saturated rings. The molecule has 5 rings (SSSR count). The minimum absolute atomic E-state index is 0.0839. The van der Waals surface area contributed by atoms with E-state index < -0.39 is 6.43 Å². The summed E-state index contributed by atoms with van der Waals surface area (Å²) in [6, 6.07) is 12.6. The van der Waals surface area contributed by atoms with E-state index in [1.54, 1.807) is 36.7 Å². The predicted octanol–water partition coefficient (Wildman–Crippen LogP) is 3.57. The monoisotopic (exact) mass is 503 g/mol. The zero-order valence-electron chi connectivity index (χ0n) is 19.8. The van der Waals surface area contributed by atoms with Crippen molar-refractivity contribution in [3.8, 4) is 23.5 Å². The van der Waals surface area contributed by atoms with Crippen LogP contribution in [-0.4, -0.2) is 41.2 Å². The van der Waals surface area contributed by atoms with E-state index in [2.05, 4.69) is 25.5 Å². The van der Waals surface area contributed by atoms with Gasteiger partial charge in [0.1, 0.15) is 24.0 Å². The van der Waals surface area contributed by atoms with Crippen LogP contribution in [0.25, 0.3) is 22.7 Å². The molecule has 1 aromatic carbocycles. The van der Waals surface area contributed by atoms with Crippen molar-refractivity contribution in [3.05, 3.63) is 76.1 Å². The minimum Gasteiger partial charge on any atom is -0.494 e. The van der Waals surface area contributed by atoms with Gasteiger partial charge < -0.3 is 10.1 Å². The third-order valence-electron chi connectivity index (χ3n) is 5.67. The highest BCUT2D eigenvalue weighted by Gasteiger charge is 2.21. The standard InChI is InChI=1S/C24H19F2N9O2/c1-13-8-14(11-27)31-35(13)24-15(23(25)26)4-6-21(30-24)34-12-28-16-9-17(19(37-3)10-18(16)34)29-20-5-7-22(36)33(2)32-20/h4-10,12,23H,1-3H3,(H,29,32). The molecule has 11 nitrogen and oxygen atoms in total. The number of nitrogens with zero attached hydrogens (tertiary/aromatic N) is 8. The molecule has 0 unspecified atom stereocenters. The van der Waals surface area contributed by atoms with Crippen LogP contribution in [0.5, 0.6) is 5.75 Å². The number of ether oxygens (including phenoxy) is 1. The van der Waals surface area contributed by atoms with Crippen molar-refractivity contribution in [1.29, 1.82) is 5.26 Å². The molecule has 5 aromatic rings. The molecular formula is C24H19F2N9O2. The van der Waals surface area contributed by atoms with Gasteiger partial charge in [-0.15, -0.1) is 0 Å². The fourth-order valence-electron chi connectivity index (χ4n) is 3.86. The molecular weight excluding hydrogens is 484 g/mol. The Hall–Kier alpha value is -5.12. The van der Waals surface area contributed by atoms with Crippen molar-refractivity contribution in [2.24, 2.45) is 7.05 Å². The number of aromatic nitrogens is 7. The van der Waals surface area contributed by atoms with Gasteiger partial charge in [0, 0.05) is 24.9 Å². The number of fused-ring (bicyclic) bond motifs is 1. The van der Waals surface area contributed by atoms with Gasteiger partial charge in [-0.1, -0.05) is 0 Å². The topological polar surface area (TPSA) is 128 Å². The number of hydrogen-bond acceptors (Lipinski definition) is 8. The maximum atomic E-state index is 13.8. The fraction of sp³-hybridized carbons (Fsp3) is 0.167. The molecule has 0 aliphatic heterocycles. The normalized spacial score (nSPS) is 11.2. The number of anilines is 2. The Labute approximate surface area is 208 Å². The largest absolute Gasteiger partial charge is 0.494 e. The van der Waals surface area contributed by atoms with E-state index in [1.165, 1.54) is 47.1 Å². The molecule has 0 atom stereocenters. The first-order chi connectivity index (χ1) is 17.8. The molecule has 0 spiro atoms. The maximum Gasteiger partial charge on any atom is 0.267 e.